The van der Waals surface area contributed by atoms with Crippen LogP contribution in [0, 0.1) is 11.3 Å². The number of carboxylic acid groups (broad SMARTS) is 1. The van der Waals surface area contributed by atoms with E-state index in [1.165, 1.54) is 0 Å². The molecular weight excluding hydrogens is 436 g/mol. The van der Waals surface area contributed by atoms with E-state index in [1.807, 2.05) is 43.3 Å². The summed E-state index contributed by atoms with van der Waals surface area (Å²) in [7, 11) is 0. The number of amides is 2. The summed E-state index contributed by atoms with van der Waals surface area (Å²) in [5.74, 6) is -1.72. The molecule has 180 valence electrons. The van der Waals surface area contributed by atoms with Gasteiger partial charge in [0.1, 0.15) is 6.61 Å². The number of nitrogens with one attached hydrogen (secondary N) is 2. The van der Waals surface area contributed by atoms with Crippen LogP contribution in [0.15, 0.2) is 48.5 Å². The maximum Gasteiger partial charge on any atom is 0.407 e. The summed E-state index contributed by atoms with van der Waals surface area (Å²) in [6, 6.07) is 16.2. The van der Waals surface area contributed by atoms with E-state index < -0.39 is 29.5 Å². The molecule has 4 rings (SSSR count). The fraction of sp³-hybridized carbons (Fsp3) is 0.423. The molecule has 2 amide bonds. The Bertz CT molecular complexity index is 1040. The van der Waals surface area contributed by atoms with E-state index in [0.717, 1.165) is 35.1 Å². The molecule has 0 saturated heterocycles. The zero-order valence-corrected chi connectivity index (χ0v) is 19.4. The van der Waals surface area contributed by atoms with Gasteiger partial charge in [-0.2, -0.15) is 0 Å². The first-order valence-electron chi connectivity index (χ1n) is 11.6. The molecule has 0 aliphatic heterocycles. The van der Waals surface area contributed by atoms with Gasteiger partial charge in [-0.25, -0.2) is 15.1 Å². The molecule has 34 heavy (non-hydrogen) atoms. The molecule has 2 atom stereocenters. The molecule has 2 aliphatic carbocycles. The van der Waals surface area contributed by atoms with Crippen LogP contribution in [-0.4, -0.2) is 42.3 Å². The minimum absolute atomic E-state index is 0.0243. The summed E-state index contributed by atoms with van der Waals surface area (Å²) in [6.07, 6.45) is 0.270. The Kier molecular flexibility index (Phi) is 6.88. The lowest BCUT2D eigenvalue weighted by atomic mass is 9.87. The zero-order valence-electron chi connectivity index (χ0n) is 19.4. The van der Waals surface area contributed by atoms with Gasteiger partial charge < -0.3 is 15.2 Å². The summed E-state index contributed by atoms with van der Waals surface area (Å²) in [4.78, 5) is 41.7. The van der Waals surface area contributed by atoms with Gasteiger partial charge in [0.2, 0.25) is 0 Å². The number of alkyl carbamates (subject to hydrolysis) is 1. The molecule has 3 N–H and O–H groups in total. The number of carbonyl (C=O) groups excluding carboxylic acids is 2. The number of hydroxylamine groups is 1. The molecular formula is C26H30N2O6. The average molecular weight is 467 g/mol. The molecule has 8 nitrogen and oxygen atoms in total. The maximum absolute atomic E-state index is 12.7. The third-order valence-electron chi connectivity index (χ3n) is 6.87. The normalized spacial score (nSPS) is 17.1. The maximum atomic E-state index is 12.7. The van der Waals surface area contributed by atoms with Crippen LogP contribution in [0.25, 0.3) is 11.1 Å². The Balaban J connectivity index is 1.31. The first kappa shape index (κ1) is 23.8. The van der Waals surface area contributed by atoms with Crippen molar-refractivity contribution in [2.75, 3.05) is 13.2 Å². The molecule has 8 heteroatoms. The molecule has 1 saturated carbocycles. The summed E-state index contributed by atoms with van der Waals surface area (Å²) in [5, 5.41) is 11.9. The smallest absolute Gasteiger partial charge is 0.407 e. The van der Waals surface area contributed by atoms with Crippen molar-refractivity contribution in [1.82, 2.24) is 10.8 Å². The number of carboxylic acids is 1. The van der Waals surface area contributed by atoms with Gasteiger partial charge in [-0.05, 0) is 54.4 Å². The molecule has 0 radical (unpaired) electrons. The third kappa shape index (κ3) is 4.92. The Morgan fingerprint density at radius 1 is 1.06 bits per heavy atom. The van der Waals surface area contributed by atoms with Crippen molar-refractivity contribution in [2.45, 2.75) is 45.1 Å². The van der Waals surface area contributed by atoms with Crippen molar-refractivity contribution in [1.29, 1.82) is 0 Å². The topological polar surface area (TPSA) is 114 Å². The number of benzene rings is 2. The van der Waals surface area contributed by atoms with Gasteiger partial charge in [-0.3, -0.25) is 9.63 Å². The molecule has 0 bridgehead atoms. The lowest BCUT2D eigenvalue weighted by Gasteiger charge is -2.27. The number of carbonyl (C=O) groups is 3. The first-order valence-corrected chi connectivity index (χ1v) is 11.6. The Morgan fingerprint density at radius 3 is 2.18 bits per heavy atom. The predicted octanol–water partition coefficient (Wildman–Crippen LogP) is 3.85. The second-order valence-electron chi connectivity index (χ2n) is 9.24. The van der Waals surface area contributed by atoms with Crippen LogP contribution >= 0.6 is 0 Å². The van der Waals surface area contributed by atoms with Crippen LogP contribution in [0.1, 0.15) is 50.2 Å². The second kappa shape index (κ2) is 9.85. The number of rotatable bonds is 10. The minimum Gasteiger partial charge on any atom is -0.479 e. The fourth-order valence-electron chi connectivity index (χ4n) is 4.27. The molecule has 2 unspecified atom stereocenters. The van der Waals surface area contributed by atoms with Gasteiger partial charge in [0.25, 0.3) is 5.91 Å². The van der Waals surface area contributed by atoms with Crippen LogP contribution in [-0.2, 0) is 19.2 Å². The second-order valence-corrected chi connectivity index (χ2v) is 9.24. The number of aliphatic carboxylic acids is 1. The van der Waals surface area contributed by atoms with Crippen LogP contribution in [0.2, 0.25) is 0 Å². The monoisotopic (exact) mass is 466 g/mol. The highest BCUT2D eigenvalue weighted by Crippen LogP contribution is 2.44. The van der Waals surface area contributed by atoms with E-state index in [2.05, 4.69) is 22.9 Å². The summed E-state index contributed by atoms with van der Waals surface area (Å²) >= 11 is 0. The Labute approximate surface area is 198 Å². The van der Waals surface area contributed by atoms with E-state index in [1.54, 1.807) is 6.92 Å². The molecule has 1 fully saturated rings. The lowest BCUT2D eigenvalue weighted by molar-refractivity contribution is -0.165. The van der Waals surface area contributed by atoms with E-state index in [4.69, 9.17) is 9.57 Å². The predicted molar refractivity (Wildman–Crippen MR) is 125 cm³/mol. The van der Waals surface area contributed by atoms with E-state index in [0.29, 0.717) is 6.42 Å². The molecule has 0 heterocycles. The van der Waals surface area contributed by atoms with Gasteiger partial charge in [-0.1, -0.05) is 55.5 Å². The minimum atomic E-state index is -1.10. The standard InChI is InChI=1S/C26H30N2O6/c1-3-26(2,24(31)28-34-22(23(29)30)16-12-13-16)15-27-25(32)33-14-21-19-10-6-4-8-17(19)18-9-5-7-11-20(18)21/h4-11,16,21-22H,3,12-15H2,1-2H3,(H,27,32)(H,28,31)(H,29,30). The molecule has 2 aromatic rings. The highest BCUT2D eigenvalue weighted by molar-refractivity contribution is 5.83. The van der Waals surface area contributed by atoms with Crippen LogP contribution in [0.5, 0.6) is 0 Å². The Hall–Kier alpha value is -3.39. The number of hydrogen-bond donors (Lipinski definition) is 3. The number of ether oxygens (including phenoxy) is 1. The van der Waals surface area contributed by atoms with Crippen molar-refractivity contribution < 1.29 is 29.1 Å². The van der Waals surface area contributed by atoms with Crippen molar-refractivity contribution in [2.24, 2.45) is 11.3 Å². The average Bonchev–Trinajstić information content (AvgIpc) is 3.63. The van der Waals surface area contributed by atoms with Gasteiger partial charge in [-0.15, -0.1) is 0 Å². The van der Waals surface area contributed by atoms with E-state index in [9.17, 15) is 19.5 Å². The van der Waals surface area contributed by atoms with Gasteiger partial charge >= 0.3 is 12.1 Å². The highest BCUT2D eigenvalue weighted by Gasteiger charge is 2.40. The van der Waals surface area contributed by atoms with Crippen molar-refractivity contribution in [3.8, 4) is 11.1 Å². The zero-order chi connectivity index (χ0) is 24.3. The van der Waals surface area contributed by atoms with Crippen LogP contribution in [0.4, 0.5) is 4.79 Å². The Morgan fingerprint density at radius 2 is 1.65 bits per heavy atom. The van der Waals surface area contributed by atoms with Gasteiger partial charge in [0.05, 0.1) is 5.41 Å². The third-order valence-corrected chi connectivity index (χ3v) is 6.87. The van der Waals surface area contributed by atoms with Crippen LogP contribution in [0.3, 0.4) is 0 Å². The quantitative estimate of drug-likeness (QED) is 0.458. The van der Waals surface area contributed by atoms with E-state index in [-0.39, 0.29) is 25.0 Å². The lowest BCUT2D eigenvalue weighted by Crippen LogP contribution is -2.48. The van der Waals surface area contributed by atoms with Gasteiger partial charge in [0, 0.05) is 12.5 Å². The number of fused-ring (bicyclic) bond motifs is 3. The largest absolute Gasteiger partial charge is 0.479 e. The SMILES string of the molecule is CCC(C)(CNC(=O)OCC1c2ccccc2-c2ccccc21)C(=O)NOC(C(=O)O)C1CC1. The fourth-order valence-corrected chi connectivity index (χ4v) is 4.27. The summed E-state index contributed by atoms with van der Waals surface area (Å²) in [6.45, 7) is 3.70. The molecule has 0 spiro atoms. The van der Waals surface area contributed by atoms with Gasteiger partial charge in [0.15, 0.2) is 6.10 Å². The van der Waals surface area contributed by atoms with Crippen molar-refractivity contribution in [3.63, 3.8) is 0 Å². The molecule has 2 aliphatic rings. The summed E-state index contributed by atoms with van der Waals surface area (Å²) < 4.78 is 5.54. The number of hydrogen-bond acceptors (Lipinski definition) is 5. The first-order chi connectivity index (χ1) is 16.3. The van der Waals surface area contributed by atoms with Crippen molar-refractivity contribution >= 4 is 18.0 Å². The van der Waals surface area contributed by atoms with Crippen LogP contribution < -0.4 is 10.8 Å². The van der Waals surface area contributed by atoms with E-state index >= 15 is 0 Å². The summed E-state index contributed by atoms with van der Waals surface area (Å²) in [5.41, 5.74) is 5.83. The molecule has 2 aromatic carbocycles. The highest BCUT2D eigenvalue weighted by atomic mass is 16.7. The van der Waals surface area contributed by atoms with Crippen molar-refractivity contribution in [3.05, 3.63) is 59.7 Å². The molecule has 0 aromatic heterocycles.